The van der Waals surface area contributed by atoms with Gasteiger partial charge in [0, 0.05) is 18.4 Å². The van der Waals surface area contributed by atoms with Gasteiger partial charge in [0.25, 0.3) is 0 Å². The summed E-state index contributed by atoms with van der Waals surface area (Å²) < 4.78 is 5.12. The Labute approximate surface area is 117 Å². The molecule has 1 N–H and O–H groups in total. The summed E-state index contributed by atoms with van der Waals surface area (Å²) in [4.78, 5) is 23.8. The van der Waals surface area contributed by atoms with Crippen LogP contribution >= 0.6 is 11.6 Å². The summed E-state index contributed by atoms with van der Waals surface area (Å²) in [6.45, 7) is 5.37. The lowest BCUT2D eigenvalue weighted by molar-refractivity contribution is 0.0636. The molecule has 1 aromatic rings. The topological polar surface area (TPSA) is 58.6 Å². The van der Waals surface area contributed by atoms with E-state index in [4.69, 9.17) is 16.3 Å². The van der Waals surface area contributed by atoms with Crippen molar-refractivity contribution in [3.8, 4) is 0 Å². The van der Waals surface area contributed by atoms with Crippen LogP contribution in [0.3, 0.4) is 0 Å². The molecule has 104 valence electrons. The summed E-state index contributed by atoms with van der Waals surface area (Å²) in [6, 6.07) is 6.67. The average Bonchev–Trinajstić information content (AvgIpc) is 2.26. The fraction of sp³-hybridized carbons (Fsp3) is 0.385. The largest absolute Gasteiger partial charge is 0.444 e. The minimum atomic E-state index is -0.576. The van der Waals surface area contributed by atoms with E-state index in [0.29, 0.717) is 11.4 Å². The van der Waals surface area contributed by atoms with Crippen LogP contribution in [0.5, 0.6) is 0 Å². The molecule has 0 heterocycles. The molecule has 0 fully saturated rings. The lowest BCUT2D eigenvalue weighted by Gasteiger charge is -2.20. The van der Waals surface area contributed by atoms with Crippen molar-refractivity contribution in [1.82, 2.24) is 0 Å². The summed E-state index contributed by atoms with van der Waals surface area (Å²) in [5.41, 5.74) is 0.665. The number of amides is 2. The first-order valence-electron chi connectivity index (χ1n) is 5.72. The Morgan fingerprint density at radius 2 is 1.74 bits per heavy atom. The van der Waals surface area contributed by atoms with Crippen molar-refractivity contribution in [1.29, 1.82) is 0 Å². The van der Waals surface area contributed by atoms with E-state index in [9.17, 15) is 9.59 Å². The van der Waals surface area contributed by atoms with Gasteiger partial charge in [0.2, 0.25) is 0 Å². The molecule has 0 saturated heterocycles. The number of rotatable bonds is 2. The Morgan fingerprint density at radius 1 is 1.21 bits per heavy atom. The van der Waals surface area contributed by atoms with Gasteiger partial charge in [-0.15, -0.1) is 0 Å². The van der Waals surface area contributed by atoms with E-state index in [-0.39, 0.29) is 0 Å². The predicted molar refractivity (Wildman–Crippen MR) is 76.0 cm³/mol. The number of benzene rings is 1. The zero-order chi connectivity index (χ0) is 14.6. The number of hydrogen-bond donors (Lipinski definition) is 1. The number of halogens is 1. The van der Waals surface area contributed by atoms with Crippen molar-refractivity contribution in [3.63, 3.8) is 0 Å². The van der Waals surface area contributed by atoms with Crippen LogP contribution in [0.4, 0.5) is 21.0 Å². The molecule has 0 aliphatic heterocycles. The van der Waals surface area contributed by atoms with Crippen molar-refractivity contribution < 1.29 is 14.3 Å². The maximum Gasteiger partial charge on any atom is 0.412 e. The molecule has 2 amide bonds. The highest BCUT2D eigenvalue weighted by Crippen LogP contribution is 2.18. The maximum atomic E-state index is 11.5. The molecule has 0 aliphatic carbocycles. The van der Waals surface area contributed by atoms with Crippen LogP contribution in [-0.4, -0.2) is 24.1 Å². The van der Waals surface area contributed by atoms with Gasteiger partial charge in [0.15, 0.2) is 0 Å². The molecule has 0 aliphatic rings. The normalized spacial score (nSPS) is 10.8. The molecule has 6 heteroatoms. The van der Waals surface area contributed by atoms with Gasteiger partial charge in [-0.05, 0) is 56.6 Å². The third kappa shape index (κ3) is 5.18. The van der Waals surface area contributed by atoms with Crippen LogP contribution in [-0.2, 0) is 4.74 Å². The fourth-order valence-electron chi connectivity index (χ4n) is 1.29. The minimum absolute atomic E-state index is 0.526. The van der Waals surface area contributed by atoms with Gasteiger partial charge in [-0.3, -0.25) is 10.1 Å². The molecule has 5 nitrogen and oxygen atoms in total. The van der Waals surface area contributed by atoms with E-state index < -0.39 is 17.1 Å². The van der Waals surface area contributed by atoms with E-state index in [1.807, 2.05) is 0 Å². The highest BCUT2D eigenvalue weighted by atomic mass is 35.5. The Hall–Kier alpha value is -1.75. The molecule has 0 unspecified atom stereocenters. The lowest BCUT2D eigenvalue weighted by atomic mass is 10.2. The monoisotopic (exact) mass is 284 g/mol. The van der Waals surface area contributed by atoms with Gasteiger partial charge in [0.05, 0.1) is 0 Å². The summed E-state index contributed by atoms with van der Waals surface area (Å²) in [5.74, 6) is 0. The molecule has 0 bridgehead atoms. The van der Waals surface area contributed by atoms with Crippen molar-refractivity contribution in [3.05, 3.63) is 24.3 Å². The van der Waals surface area contributed by atoms with Gasteiger partial charge in [-0.25, -0.2) is 4.79 Å². The van der Waals surface area contributed by atoms with Crippen LogP contribution < -0.4 is 10.2 Å². The van der Waals surface area contributed by atoms with Gasteiger partial charge >= 0.3 is 11.5 Å². The predicted octanol–water partition coefficient (Wildman–Crippen LogP) is 3.83. The Morgan fingerprint density at radius 3 is 2.16 bits per heavy atom. The van der Waals surface area contributed by atoms with Crippen molar-refractivity contribution in [2.24, 2.45) is 0 Å². The molecular weight excluding hydrogens is 268 g/mol. The molecule has 19 heavy (non-hydrogen) atoms. The van der Waals surface area contributed by atoms with Gasteiger partial charge in [-0.2, -0.15) is 0 Å². The number of ether oxygens (including phenoxy) is 1. The van der Waals surface area contributed by atoms with Crippen molar-refractivity contribution >= 4 is 34.4 Å². The third-order valence-corrected chi connectivity index (χ3v) is 2.42. The number of hydrogen-bond acceptors (Lipinski definition) is 3. The zero-order valence-corrected chi connectivity index (χ0v) is 12.1. The van der Waals surface area contributed by atoms with E-state index in [1.165, 1.54) is 4.90 Å². The lowest BCUT2D eigenvalue weighted by Crippen LogP contribution is -2.27. The second-order valence-electron chi connectivity index (χ2n) is 4.99. The second kappa shape index (κ2) is 5.93. The van der Waals surface area contributed by atoms with Crippen LogP contribution in [0, 0.1) is 0 Å². The van der Waals surface area contributed by atoms with Crippen molar-refractivity contribution in [2.45, 2.75) is 26.4 Å². The number of carbonyl (C=O) groups excluding carboxylic acids is 2. The molecule has 1 rings (SSSR count). The molecule has 0 atom stereocenters. The minimum Gasteiger partial charge on any atom is -0.444 e. The average molecular weight is 285 g/mol. The number of carbonyl (C=O) groups is 2. The van der Waals surface area contributed by atoms with Gasteiger partial charge in [0.1, 0.15) is 5.60 Å². The van der Waals surface area contributed by atoms with Crippen LogP contribution in [0.1, 0.15) is 20.8 Å². The van der Waals surface area contributed by atoms with E-state index in [0.717, 1.165) is 0 Å². The van der Waals surface area contributed by atoms with Crippen LogP contribution in [0.2, 0.25) is 0 Å². The highest BCUT2D eigenvalue weighted by Gasteiger charge is 2.16. The van der Waals surface area contributed by atoms with Gasteiger partial charge in [-0.1, -0.05) is 0 Å². The summed E-state index contributed by atoms with van der Waals surface area (Å²) >= 11 is 5.36. The summed E-state index contributed by atoms with van der Waals surface area (Å²) in [7, 11) is 1.56. The molecule has 0 radical (unpaired) electrons. The number of nitrogens with one attached hydrogen (secondary N) is 1. The van der Waals surface area contributed by atoms with Crippen LogP contribution in [0.15, 0.2) is 24.3 Å². The first-order chi connectivity index (χ1) is 8.69. The maximum absolute atomic E-state index is 11.5. The van der Waals surface area contributed by atoms with Crippen LogP contribution in [0.25, 0.3) is 0 Å². The number of anilines is 2. The van der Waals surface area contributed by atoms with E-state index in [2.05, 4.69) is 5.32 Å². The van der Waals surface area contributed by atoms with Gasteiger partial charge < -0.3 is 9.64 Å². The third-order valence-electron chi connectivity index (χ3n) is 2.16. The fourth-order valence-corrected chi connectivity index (χ4v) is 1.39. The molecule has 0 saturated carbocycles. The number of nitrogens with zero attached hydrogens (tertiary/aromatic N) is 1. The second-order valence-corrected chi connectivity index (χ2v) is 5.31. The zero-order valence-electron chi connectivity index (χ0n) is 11.4. The standard InChI is InChI=1S/C13H17ClN2O3/c1-13(2,3)19-12(18)15-9-5-7-10(8-6-9)16(4)11(14)17/h5-8H,1-4H3,(H,15,18). The molecular formula is C13H17ClN2O3. The Bertz CT molecular complexity index is 466. The molecule has 0 aromatic heterocycles. The Kier molecular flexibility index (Phi) is 4.78. The quantitative estimate of drug-likeness (QED) is 0.663. The van der Waals surface area contributed by atoms with E-state index in [1.54, 1.807) is 52.1 Å². The Balaban J connectivity index is 2.67. The first kappa shape index (κ1) is 15.3. The summed E-state index contributed by atoms with van der Waals surface area (Å²) in [6.07, 6.45) is -0.526. The first-order valence-corrected chi connectivity index (χ1v) is 6.10. The molecule has 0 spiro atoms. The van der Waals surface area contributed by atoms with E-state index >= 15 is 0 Å². The highest BCUT2D eigenvalue weighted by molar-refractivity contribution is 6.66. The van der Waals surface area contributed by atoms with Crippen molar-refractivity contribution in [2.75, 3.05) is 17.3 Å². The SMILES string of the molecule is CN(C(=O)Cl)c1ccc(NC(=O)OC(C)(C)C)cc1. The summed E-state index contributed by atoms with van der Waals surface area (Å²) in [5, 5.41) is 2.02. The smallest absolute Gasteiger partial charge is 0.412 e. The molecule has 1 aromatic carbocycles.